The van der Waals surface area contributed by atoms with Gasteiger partial charge < -0.3 is 30.7 Å². The van der Waals surface area contributed by atoms with E-state index < -0.39 is 6.04 Å². The van der Waals surface area contributed by atoms with Gasteiger partial charge in [0.05, 0.1) is 21.4 Å². The van der Waals surface area contributed by atoms with Crippen molar-refractivity contribution in [2.24, 2.45) is 11.8 Å². The van der Waals surface area contributed by atoms with Crippen molar-refractivity contribution in [1.82, 2.24) is 29.6 Å². The number of amides is 3. The number of urea groups is 1. The number of nitrogen functional groups attached to an aromatic ring is 1. The van der Waals surface area contributed by atoms with Crippen molar-refractivity contribution in [1.29, 1.82) is 0 Å². The van der Waals surface area contributed by atoms with E-state index in [1.54, 1.807) is 27.8 Å². The van der Waals surface area contributed by atoms with E-state index in [4.69, 9.17) is 28.9 Å². The maximum atomic E-state index is 14.1. The fourth-order valence-electron chi connectivity index (χ4n) is 7.58. The summed E-state index contributed by atoms with van der Waals surface area (Å²) in [5, 5.41) is 3.96. The first kappa shape index (κ1) is 36.3. The second kappa shape index (κ2) is 15.8. The van der Waals surface area contributed by atoms with Gasteiger partial charge in [0.2, 0.25) is 5.91 Å². The van der Waals surface area contributed by atoms with E-state index in [9.17, 15) is 14.4 Å². The van der Waals surface area contributed by atoms with Crippen molar-refractivity contribution >= 4 is 72.7 Å². The SMILES string of the molecule is CN1CCC(C2CCN(C(=O)[C@H](Cc3cc(Br)c(N)c(Br)c3)NC(=O)N3CCC(n4cc(-c5ccc(Cl)c(Cl)c5)[nH]c4=O)CC3)CC2)CC1. The molecule has 4 N–H and O–H groups in total. The van der Waals surface area contributed by atoms with Crippen LogP contribution in [0.1, 0.15) is 50.1 Å². The van der Waals surface area contributed by atoms with Crippen LogP contribution in [0.5, 0.6) is 0 Å². The fraction of sp³-hybridized carbons (Fsp3) is 0.514. The maximum absolute atomic E-state index is 14.1. The Labute approximate surface area is 313 Å². The average Bonchev–Trinajstić information content (AvgIpc) is 3.49. The summed E-state index contributed by atoms with van der Waals surface area (Å²) in [5.41, 5.74) is 8.82. The predicted molar refractivity (Wildman–Crippen MR) is 202 cm³/mol. The number of carbonyl (C=O) groups is 2. The molecule has 1 aromatic heterocycles. The molecule has 4 heterocycles. The molecule has 3 amide bonds. The van der Waals surface area contributed by atoms with Crippen molar-refractivity contribution in [3.8, 4) is 11.3 Å². The van der Waals surface area contributed by atoms with Crippen LogP contribution in [-0.4, -0.2) is 88.5 Å². The van der Waals surface area contributed by atoms with E-state index in [0.29, 0.717) is 72.8 Å². The number of benzene rings is 2. The zero-order valence-corrected chi connectivity index (χ0v) is 32.3. The average molecular weight is 840 g/mol. The summed E-state index contributed by atoms with van der Waals surface area (Å²) in [6, 6.07) is 7.98. The molecule has 3 aliphatic heterocycles. The third kappa shape index (κ3) is 8.52. The van der Waals surface area contributed by atoms with Crippen molar-refractivity contribution < 1.29 is 9.59 Å². The highest BCUT2D eigenvalue weighted by Crippen LogP contribution is 2.34. The minimum atomic E-state index is -0.728. The molecule has 3 saturated heterocycles. The van der Waals surface area contributed by atoms with Crippen LogP contribution in [0, 0.1) is 11.8 Å². The Hall–Kier alpha value is -2.51. The molecule has 6 rings (SSSR count). The molecule has 2 aromatic carbocycles. The van der Waals surface area contributed by atoms with Gasteiger partial charge in [-0.05, 0) is 132 Å². The molecule has 3 aliphatic rings. The molecular weight excluding hydrogens is 797 g/mol. The summed E-state index contributed by atoms with van der Waals surface area (Å²) in [6.07, 6.45) is 7.79. The van der Waals surface area contributed by atoms with Gasteiger partial charge in [-0.3, -0.25) is 9.36 Å². The van der Waals surface area contributed by atoms with E-state index in [0.717, 1.165) is 51.9 Å². The summed E-state index contributed by atoms with van der Waals surface area (Å²) in [6.45, 7) is 4.61. The normalized spacial score (nSPS) is 19.3. The summed E-state index contributed by atoms with van der Waals surface area (Å²) >= 11 is 19.3. The number of anilines is 1. The van der Waals surface area contributed by atoms with Gasteiger partial charge in [-0.2, -0.15) is 0 Å². The Morgan fingerprint density at radius 2 is 1.49 bits per heavy atom. The molecule has 264 valence electrons. The lowest BCUT2D eigenvalue weighted by Crippen LogP contribution is -2.55. The zero-order chi connectivity index (χ0) is 34.8. The second-order valence-electron chi connectivity index (χ2n) is 13.7. The van der Waals surface area contributed by atoms with E-state index in [-0.39, 0.29) is 23.7 Å². The molecule has 0 radical (unpaired) electrons. The van der Waals surface area contributed by atoms with E-state index >= 15 is 0 Å². The molecule has 0 saturated carbocycles. The second-order valence-corrected chi connectivity index (χ2v) is 16.2. The third-order valence-electron chi connectivity index (χ3n) is 10.6. The highest BCUT2D eigenvalue weighted by atomic mass is 79.9. The Kier molecular flexibility index (Phi) is 11.7. The number of H-pyrrole nitrogens is 1. The number of likely N-dealkylation sites (tertiary alicyclic amines) is 3. The first-order valence-corrected chi connectivity index (χ1v) is 19.3. The number of piperidine rings is 3. The molecule has 0 unspecified atom stereocenters. The lowest BCUT2D eigenvalue weighted by Gasteiger charge is -2.40. The number of rotatable bonds is 7. The van der Waals surface area contributed by atoms with Crippen LogP contribution in [0.15, 0.2) is 50.3 Å². The number of aromatic nitrogens is 2. The number of imidazole rings is 1. The molecule has 0 spiro atoms. The monoisotopic (exact) mass is 837 g/mol. The van der Waals surface area contributed by atoms with Gasteiger partial charge in [0.15, 0.2) is 0 Å². The standard InChI is InChI=1S/C35H43Br2Cl2N7O3/c1-43-10-4-22(5-11-43)23-6-12-44(13-7-23)33(47)30(18-21-16-26(36)32(40)27(37)17-21)41-34(48)45-14-8-25(9-15-45)46-20-31(42-35(46)49)24-2-3-28(38)29(39)19-24/h2-3,16-17,19-20,22-23,25,30H,4-15,18,40H2,1H3,(H,41,48)(H,42,49)/t30-/m0/s1. The molecule has 1 atom stereocenters. The highest BCUT2D eigenvalue weighted by molar-refractivity contribution is 9.11. The van der Waals surface area contributed by atoms with Gasteiger partial charge in [-0.15, -0.1) is 0 Å². The van der Waals surface area contributed by atoms with Crippen molar-refractivity contribution in [3.63, 3.8) is 0 Å². The maximum Gasteiger partial charge on any atom is 0.326 e. The van der Waals surface area contributed by atoms with Gasteiger partial charge in [0.25, 0.3) is 0 Å². The first-order chi connectivity index (χ1) is 23.5. The highest BCUT2D eigenvalue weighted by Gasteiger charge is 2.35. The minimum absolute atomic E-state index is 0.0529. The van der Waals surface area contributed by atoms with Crippen LogP contribution in [0.3, 0.4) is 0 Å². The molecular formula is C35H43Br2Cl2N7O3. The van der Waals surface area contributed by atoms with Gasteiger partial charge >= 0.3 is 11.7 Å². The van der Waals surface area contributed by atoms with Crippen LogP contribution in [0.4, 0.5) is 10.5 Å². The van der Waals surface area contributed by atoms with Crippen LogP contribution in [0.2, 0.25) is 10.0 Å². The van der Waals surface area contributed by atoms with Crippen molar-refractivity contribution in [2.45, 2.75) is 57.0 Å². The molecule has 3 fully saturated rings. The van der Waals surface area contributed by atoms with Gasteiger partial charge in [-0.25, -0.2) is 9.59 Å². The number of nitrogens with two attached hydrogens (primary N) is 1. The summed E-state index contributed by atoms with van der Waals surface area (Å²) in [5.74, 6) is 1.31. The topological polar surface area (TPSA) is 120 Å². The number of hydrogen-bond acceptors (Lipinski definition) is 5. The number of aromatic amines is 1. The number of nitrogens with one attached hydrogen (secondary N) is 2. The van der Waals surface area contributed by atoms with E-state index in [1.165, 1.54) is 12.8 Å². The largest absolute Gasteiger partial charge is 0.397 e. The Morgan fingerprint density at radius 3 is 2.10 bits per heavy atom. The fourth-order valence-corrected chi connectivity index (χ4v) is 9.16. The van der Waals surface area contributed by atoms with Gasteiger partial charge in [-0.1, -0.05) is 29.3 Å². The Morgan fingerprint density at radius 1 is 0.898 bits per heavy atom. The van der Waals surface area contributed by atoms with Crippen molar-refractivity contribution in [3.05, 3.63) is 71.6 Å². The number of hydrogen-bond donors (Lipinski definition) is 3. The molecule has 14 heteroatoms. The minimum Gasteiger partial charge on any atom is -0.397 e. The van der Waals surface area contributed by atoms with E-state index in [1.807, 2.05) is 23.1 Å². The van der Waals surface area contributed by atoms with Crippen LogP contribution in [0.25, 0.3) is 11.3 Å². The Bertz CT molecular complexity index is 1700. The van der Waals surface area contributed by atoms with E-state index in [2.05, 4.69) is 54.1 Å². The lowest BCUT2D eigenvalue weighted by molar-refractivity contribution is -0.135. The van der Waals surface area contributed by atoms with Crippen LogP contribution < -0.4 is 16.7 Å². The number of carbonyl (C=O) groups excluding carboxylic acids is 2. The zero-order valence-electron chi connectivity index (χ0n) is 27.6. The summed E-state index contributed by atoms with van der Waals surface area (Å²) in [7, 11) is 2.19. The number of halogens is 4. The van der Waals surface area contributed by atoms with Crippen molar-refractivity contribution in [2.75, 3.05) is 52.0 Å². The molecule has 49 heavy (non-hydrogen) atoms. The quantitative estimate of drug-likeness (QED) is 0.227. The molecule has 0 aliphatic carbocycles. The lowest BCUT2D eigenvalue weighted by atomic mass is 9.79. The van der Waals surface area contributed by atoms with Crippen LogP contribution in [-0.2, 0) is 11.2 Å². The van der Waals surface area contributed by atoms with Gasteiger partial charge in [0, 0.05) is 59.3 Å². The molecule has 10 nitrogen and oxygen atoms in total. The number of nitrogens with zero attached hydrogens (tertiary/aromatic N) is 4. The Balaban J connectivity index is 1.10. The molecule has 0 bridgehead atoms. The first-order valence-electron chi connectivity index (χ1n) is 17.0. The van der Waals surface area contributed by atoms with Crippen LogP contribution >= 0.6 is 55.1 Å². The predicted octanol–water partition coefficient (Wildman–Crippen LogP) is 6.80. The summed E-state index contributed by atoms with van der Waals surface area (Å²) in [4.78, 5) is 49.7. The third-order valence-corrected chi connectivity index (χ3v) is 12.6. The smallest absolute Gasteiger partial charge is 0.326 e. The molecule has 3 aromatic rings. The summed E-state index contributed by atoms with van der Waals surface area (Å²) < 4.78 is 3.17. The van der Waals surface area contributed by atoms with Gasteiger partial charge in [0.1, 0.15) is 6.04 Å².